The highest BCUT2D eigenvalue weighted by molar-refractivity contribution is 5.85. The van der Waals surface area contributed by atoms with Crippen molar-refractivity contribution in [1.82, 2.24) is 4.90 Å². The van der Waals surface area contributed by atoms with E-state index in [0.29, 0.717) is 0 Å². The summed E-state index contributed by atoms with van der Waals surface area (Å²) in [6.45, 7) is 2.58. The number of esters is 1. The molecule has 4 heteroatoms. The second-order valence-corrected chi connectivity index (χ2v) is 7.30. The fourth-order valence-electron chi connectivity index (χ4n) is 4.41. The van der Waals surface area contributed by atoms with Crippen LogP contribution in [0.5, 0.6) is 0 Å². The number of hydrogen-bond acceptors (Lipinski definition) is 3. The lowest BCUT2D eigenvalue weighted by atomic mass is 9.88. The van der Waals surface area contributed by atoms with Crippen LogP contribution in [0.3, 0.4) is 0 Å². The molecule has 0 unspecified atom stereocenters. The summed E-state index contributed by atoms with van der Waals surface area (Å²) in [5.41, 5.74) is 0. The number of halogens is 1. The van der Waals surface area contributed by atoms with Crippen LogP contribution in [0.1, 0.15) is 77.0 Å². The van der Waals surface area contributed by atoms with E-state index in [9.17, 15) is 4.79 Å². The first kappa shape index (κ1) is 18.1. The molecule has 0 N–H and O–H groups in total. The lowest BCUT2D eigenvalue weighted by Crippen LogP contribution is -2.42. The van der Waals surface area contributed by atoms with Crippen LogP contribution in [0, 0.1) is 5.92 Å². The first-order valence-electron chi connectivity index (χ1n) is 9.27. The molecule has 1 heterocycles. The van der Waals surface area contributed by atoms with Gasteiger partial charge in [-0.2, -0.15) is 0 Å². The first-order valence-corrected chi connectivity index (χ1v) is 9.27. The van der Waals surface area contributed by atoms with Gasteiger partial charge in [0.15, 0.2) is 0 Å². The van der Waals surface area contributed by atoms with E-state index in [2.05, 4.69) is 4.90 Å². The lowest BCUT2D eigenvalue weighted by Gasteiger charge is -2.38. The third kappa shape index (κ3) is 4.86. The highest BCUT2D eigenvalue weighted by Gasteiger charge is 2.30. The molecule has 0 radical (unpaired) electrons. The summed E-state index contributed by atoms with van der Waals surface area (Å²) in [7, 11) is 0. The van der Waals surface area contributed by atoms with Crippen LogP contribution < -0.4 is 0 Å². The molecule has 1 aliphatic heterocycles. The Kier molecular flexibility index (Phi) is 7.49. The van der Waals surface area contributed by atoms with Gasteiger partial charge in [-0.1, -0.05) is 25.7 Å². The van der Waals surface area contributed by atoms with E-state index < -0.39 is 0 Å². The highest BCUT2D eigenvalue weighted by atomic mass is 35.5. The van der Waals surface area contributed by atoms with Crippen molar-refractivity contribution in [1.29, 1.82) is 0 Å². The van der Waals surface area contributed by atoms with Crippen molar-refractivity contribution >= 4 is 18.4 Å². The summed E-state index contributed by atoms with van der Waals surface area (Å²) in [6, 6.07) is 0.759. The summed E-state index contributed by atoms with van der Waals surface area (Å²) in [5.74, 6) is 0.315. The van der Waals surface area contributed by atoms with Crippen molar-refractivity contribution in [2.24, 2.45) is 5.92 Å². The summed E-state index contributed by atoms with van der Waals surface area (Å²) in [6.07, 6.45) is 14.8. The van der Waals surface area contributed by atoms with Gasteiger partial charge < -0.3 is 9.64 Å². The van der Waals surface area contributed by atoms with Gasteiger partial charge in [0.25, 0.3) is 0 Å². The lowest BCUT2D eigenvalue weighted by molar-refractivity contribution is -0.157. The smallest absolute Gasteiger partial charge is 0.309 e. The van der Waals surface area contributed by atoms with Crippen molar-refractivity contribution in [3.63, 3.8) is 0 Å². The van der Waals surface area contributed by atoms with Gasteiger partial charge in [0.05, 0.1) is 5.92 Å². The van der Waals surface area contributed by atoms with Gasteiger partial charge in [-0.3, -0.25) is 4.79 Å². The maximum Gasteiger partial charge on any atom is 0.309 e. The standard InChI is InChI=1S/C18H31NO2.ClH/c20-18(15-7-3-1-4-8-15)21-17-11-9-16(10-12-17)19-13-5-2-6-14-19;/h15-17H,1-14H2;1H. The predicted molar refractivity (Wildman–Crippen MR) is 91.4 cm³/mol. The highest BCUT2D eigenvalue weighted by Crippen LogP contribution is 2.30. The fraction of sp³-hybridized carbons (Fsp3) is 0.944. The maximum atomic E-state index is 12.2. The number of ether oxygens (including phenoxy) is 1. The molecule has 0 aromatic heterocycles. The molecule has 0 aromatic carbocycles. The van der Waals surface area contributed by atoms with Crippen molar-refractivity contribution in [2.45, 2.75) is 89.2 Å². The average molecular weight is 330 g/mol. The Morgan fingerprint density at radius 1 is 0.773 bits per heavy atom. The van der Waals surface area contributed by atoms with Gasteiger partial charge in [-0.15, -0.1) is 12.4 Å². The second-order valence-electron chi connectivity index (χ2n) is 7.30. The normalized spacial score (nSPS) is 31.3. The van der Waals surface area contributed by atoms with Crippen LogP contribution in [0.15, 0.2) is 0 Å². The summed E-state index contributed by atoms with van der Waals surface area (Å²) < 4.78 is 5.81. The molecular weight excluding hydrogens is 298 g/mol. The van der Waals surface area contributed by atoms with Gasteiger partial charge >= 0.3 is 5.97 Å². The Labute approximate surface area is 141 Å². The van der Waals surface area contributed by atoms with Crippen LogP contribution in [-0.4, -0.2) is 36.1 Å². The van der Waals surface area contributed by atoms with E-state index in [-0.39, 0.29) is 30.4 Å². The molecule has 0 spiro atoms. The van der Waals surface area contributed by atoms with Crippen LogP contribution in [0.4, 0.5) is 0 Å². The number of carbonyl (C=O) groups excluding carboxylic acids is 1. The molecule has 1 saturated heterocycles. The summed E-state index contributed by atoms with van der Waals surface area (Å²) >= 11 is 0. The van der Waals surface area contributed by atoms with E-state index in [1.54, 1.807) is 0 Å². The van der Waals surface area contributed by atoms with Crippen molar-refractivity contribution in [3.8, 4) is 0 Å². The Hall–Kier alpha value is -0.280. The fourth-order valence-corrected chi connectivity index (χ4v) is 4.41. The van der Waals surface area contributed by atoms with Crippen molar-refractivity contribution in [3.05, 3.63) is 0 Å². The van der Waals surface area contributed by atoms with E-state index in [4.69, 9.17) is 4.74 Å². The van der Waals surface area contributed by atoms with Crippen molar-refractivity contribution in [2.75, 3.05) is 13.1 Å². The number of carbonyl (C=O) groups is 1. The third-order valence-corrected chi connectivity index (χ3v) is 5.77. The third-order valence-electron chi connectivity index (χ3n) is 5.77. The first-order chi connectivity index (χ1) is 10.3. The minimum atomic E-state index is 0. The maximum absolute atomic E-state index is 12.2. The molecule has 3 fully saturated rings. The minimum Gasteiger partial charge on any atom is -0.462 e. The Balaban J connectivity index is 0.00000176. The van der Waals surface area contributed by atoms with Crippen molar-refractivity contribution < 1.29 is 9.53 Å². The average Bonchev–Trinajstić information content (AvgIpc) is 2.57. The van der Waals surface area contributed by atoms with Gasteiger partial charge in [0, 0.05) is 6.04 Å². The van der Waals surface area contributed by atoms with Crippen LogP contribution in [0.25, 0.3) is 0 Å². The SMILES string of the molecule is Cl.O=C(OC1CCC(N2CCCCC2)CC1)C1CCCCC1. The van der Waals surface area contributed by atoms with E-state index in [1.807, 2.05) is 0 Å². The molecule has 2 saturated carbocycles. The molecule has 0 aromatic rings. The molecule has 0 amide bonds. The summed E-state index contributed by atoms with van der Waals surface area (Å²) in [5, 5.41) is 0. The molecule has 2 aliphatic carbocycles. The molecule has 22 heavy (non-hydrogen) atoms. The quantitative estimate of drug-likeness (QED) is 0.722. The topological polar surface area (TPSA) is 29.5 Å². The molecule has 3 nitrogen and oxygen atoms in total. The number of rotatable bonds is 3. The number of hydrogen-bond donors (Lipinski definition) is 0. The molecule has 128 valence electrons. The van der Waals surface area contributed by atoms with Gasteiger partial charge in [-0.05, 0) is 64.5 Å². The number of likely N-dealkylation sites (tertiary alicyclic amines) is 1. The monoisotopic (exact) mass is 329 g/mol. The zero-order chi connectivity index (χ0) is 14.5. The van der Waals surface area contributed by atoms with E-state index in [1.165, 1.54) is 64.5 Å². The molecule has 0 atom stereocenters. The Bertz CT molecular complexity index is 330. The van der Waals surface area contributed by atoms with Crippen LogP contribution in [-0.2, 0) is 9.53 Å². The second kappa shape index (κ2) is 9.12. The Morgan fingerprint density at radius 3 is 2.00 bits per heavy atom. The Morgan fingerprint density at radius 2 is 1.36 bits per heavy atom. The zero-order valence-corrected chi connectivity index (χ0v) is 14.6. The van der Waals surface area contributed by atoms with Gasteiger partial charge in [-0.25, -0.2) is 0 Å². The van der Waals surface area contributed by atoms with Crippen LogP contribution in [0.2, 0.25) is 0 Å². The predicted octanol–water partition coefficient (Wildman–Crippen LogP) is 4.33. The zero-order valence-electron chi connectivity index (χ0n) is 13.8. The number of nitrogens with zero attached hydrogens (tertiary/aromatic N) is 1. The molecule has 3 rings (SSSR count). The van der Waals surface area contributed by atoms with Gasteiger partial charge in [0.2, 0.25) is 0 Å². The molecule has 3 aliphatic rings. The van der Waals surface area contributed by atoms with E-state index >= 15 is 0 Å². The molecule has 0 bridgehead atoms. The van der Waals surface area contributed by atoms with Gasteiger partial charge in [0.1, 0.15) is 6.10 Å². The number of piperidine rings is 1. The summed E-state index contributed by atoms with van der Waals surface area (Å²) in [4.78, 5) is 14.9. The largest absolute Gasteiger partial charge is 0.462 e. The molecular formula is C18H32ClNO2. The van der Waals surface area contributed by atoms with Crippen LogP contribution >= 0.6 is 12.4 Å². The van der Waals surface area contributed by atoms with E-state index in [0.717, 1.165) is 31.7 Å². The minimum absolute atomic E-state index is 0.